The molecule has 0 aliphatic heterocycles. The van der Waals surface area contributed by atoms with Crippen LogP contribution >= 0.6 is 11.3 Å². The molecule has 0 amide bonds. The van der Waals surface area contributed by atoms with Crippen LogP contribution in [0.5, 0.6) is 0 Å². The molecule has 2 aromatic rings. The molecule has 1 fully saturated rings. The van der Waals surface area contributed by atoms with E-state index < -0.39 is 5.97 Å². The molecule has 1 heterocycles. The van der Waals surface area contributed by atoms with E-state index in [9.17, 15) is 4.79 Å². The summed E-state index contributed by atoms with van der Waals surface area (Å²) in [5.41, 5.74) is 6.32. The highest BCUT2D eigenvalue weighted by Gasteiger charge is 2.52. The first-order valence-electron chi connectivity index (χ1n) is 8.48. The van der Waals surface area contributed by atoms with E-state index in [4.69, 9.17) is 5.11 Å². The number of carboxylic acid groups (broad SMARTS) is 1. The maximum absolute atomic E-state index is 11.0. The molecule has 124 valence electrons. The summed E-state index contributed by atoms with van der Waals surface area (Å²) in [6.45, 7) is 7.00. The number of fused-ring (bicyclic) bond motifs is 5. The van der Waals surface area contributed by atoms with E-state index in [1.165, 1.54) is 47.3 Å². The van der Waals surface area contributed by atoms with Crippen LogP contribution in [0.1, 0.15) is 69.9 Å². The van der Waals surface area contributed by atoms with Crippen LogP contribution in [0.25, 0.3) is 12.2 Å². The van der Waals surface area contributed by atoms with Gasteiger partial charge >= 0.3 is 5.97 Å². The molecule has 2 unspecified atom stereocenters. The number of rotatable bonds is 3. The number of hydrogen-bond donors (Lipinski definition) is 1. The van der Waals surface area contributed by atoms with E-state index in [2.05, 4.69) is 39.0 Å². The van der Waals surface area contributed by atoms with Crippen molar-refractivity contribution in [2.45, 2.75) is 50.9 Å². The highest BCUT2D eigenvalue weighted by Crippen LogP contribution is 2.60. The summed E-state index contributed by atoms with van der Waals surface area (Å²) in [4.78, 5) is 12.4. The maximum Gasteiger partial charge on any atom is 0.345 e. The molecule has 1 saturated carbocycles. The second-order valence-corrected chi connectivity index (χ2v) is 9.01. The minimum absolute atomic E-state index is 0.333. The Labute approximate surface area is 146 Å². The van der Waals surface area contributed by atoms with Crippen LogP contribution in [0.2, 0.25) is 0 Å². The second-order valence-electron chi connectivity index (χ2n) is 7.89. The predicted molar refractivity (Wildman–Crippen MR) is 99.9 cm³/mol. The fourth-order valence-electron chi connectivity index (χ4n) is 4.68. The lowest BCUT2D eigenvalue weighted by molar-refractivity contribution is 0.0702. The van der Waals surface area contributed by atoms with Gasteiger partial charge in [0.1, 0.15) is 4.88 Å². The molecule has 2 aliphatic carbocycles. The third-order valence-electron chi connectivity index (χ3n) is 5.98. The van der Waals surface area contributed by atoms with E-state index in [1.54, 1.807) is 11.6 Å². The lowest BCUT2D eigenvalue weighted by atomic mass is 9.77. The average Bonchev–Trinajstić information content (AvgIpc) is 3.16. The molecule has 2 atom stereocenters. The van der Waals surface area contributed by atoms with Crippen molar-refractivity contribution in [1.82, 2.24) is 0 Å². The van der Waals surface area contributed by atoms with Crippen molar-refractivity contribution in [3.8, 4) is 0 Å². The number of thiophene rings is 1. The zero-order valence-corrected chi connectivity index (χ0v) is 15.2. The van der Waals surface area contributed by atoms with Gasteiger partial charge in [0.2, 0.25) is 0 Å². The summed E-state index contributed by atoms with van der Waals surface area (Å²) in [5.74, 6) is -0.856. The van der Waals surface area contributed by atoms with Crippen molar-refractivity contribution in [2.24, 2.45) is 0 Å². The number of aromatic carboxylic acids is 1. The van der Waals surface area contributed by atoms with Gasteiger partial charge in [-0.25, -0.2) is 4.79 Å². The van der Waals surface area contributed by atoms with Crippen molar-refractivity contribution in [1.29, 1.82) is 0 Å². The first-order valence-corrected chi connectivity index (χ1v) is 9.29. The topological polar surface area (TPSA) is 37.3 Å². The monoisotopic (exact) mass is 338 g/mol. The van der Waals surface area contributed by atoms with Crippen LogP contribution in [0.15, 0.2) is 24.3 Å². The molecule has 1 N–H and O–H groups in total. The molecular formula is C21H22O2S. The third-order valence-corrected chi connectivity index (χ3v) is 7.02. The summed E-state index contributed by atoms with van der Waals surface area (Å²) >= 11 is 1.32. The minimum atomic E-state index is -0.856. The Morgan fingerprint density at radius 1 is 1.12 bits per heavy atom. The van der Waals surface area contributed by atoms with E-state index in [1.807, 2.05) is 12.1 Å². The molecule has 2 bridgehead atoms. The van der Waals surface area contributed by atoms with Gasteiger partial charge in [0.25, 0.3) is 0 Å². The van der Waals surface area contributed by atoms with Gasteiger partial charge in [0, 0.05) is 4.88 Å². The maximum atomic E-state index is 11.0. The molecular weight excluding hydrogens is 316 g/mol. The van der Waals surface area contributed by atoms with Crippen molar-refractivity contribution in [3.05, 3.63) is 56.3 Å². The molecule has 0 saturated heterocycles. The van der Waals surface area contributed by atoms with Crippen LogP contribution in [-0.4, -0.2) is 11.1 Å². The van der Waals surface area contributed by atoms with Crippen molar-refractivity contribution in [2.75, 3.05) is 0 Å². The van der Waals surface area contributed by atoms with Crippen LogP contribution in [0.4, 0.5) is 0 Å². The van der Waals surface area contributed by atoms with Gasteiger partial charge in [0.15, 0.2) is 0 Å². The Bertz CT molecular complexity index is 876. The summed E-state index contributed by atoms with van der Waals surface area (Å²) < 4.78 is 0. The summed E-state index contributed by atoms with van der Waals surface area (Å²) in [5, 5.41) is 9.03. The van der Waals surface area contributed by atoms with Crippen molar-refractivity contribution < 1.29 is 9.90 Å². The van der Waals surface area contributed by atoms with Crippen LogP contribution in [0, 0.1) is 6.92 Å². The lowest BCUT2D eigenvalue weighted by Crippen LogP contribution is -2.18. The van der Waals surface area contributed by atoms with E-state index in [0.29, 0.717) is 15.7 Å². The van der Waals surface area contributed by atoms with E-state index >= 15 is 0 Å². The average molecular weight is 338 g/mol. The quantitative estimate of drug-likeness (QED) is 0.786. The first kappa shape index (κ1) is 15.6. The smallest absolute Gasteiger partial charge is 0.345 e. The normalized spacial score (nSPS) is 27.8. The van der Waals surface area contributed by atoms with Gasteiger partial charge in [-0.1, -0.05) is 32.1 Å². The zero-order chi connectivity index (χ0) is 17.1. The molecule has 24 heavy (non-hydrogen) atoms. The highest BCUT2D eigenvalue weighted by atomic mass is 32.1. The summed E-state index contributed by atoms with van der Waals surface area (Å²) in [7, 11) is 0. The molecule has 1 aromatic carbocycles. The van der Waals surface area contributed by atoms with Gasteiger partial charge in [0.05, 0.1) is 0 Å². The number of carboxylic acids is 1. The Hall–Kier alpha value is -1.87. The second kappa shape index (κ2) is 5.06. The van der Waals surface area contributed by atoms with E-state index in [0.717, 1.165) is 4.88 Å². The molecule has 4 rings (SSSR count). The molecule has 2 nitrogen and oxygen atoms in total. The number of carbonyl (C=O) groups is 1. The van der Waals surface area contributed by atoms with Gasteiger partial charge in [-0.3, -0.25) is 0 Å². The van der Waals surface area contributed by atoms with Gasteiger partial charge in [-0.05, 0) is 77.5 Å². The van der Waals surface area contributed by atoms with Gasteiger partial charge in [-0.15, -0.1) is 11.3 Å². The first-order chi connectivity index (χ1) is 11.3. The fraction of sp³-hybridized carbons (Fsp3) is 0.381. The van der Waals surface area contributed by atoms with Crippen molar-refractivity contribution >= 4 is 29.5 Å². The highest BCUT2D eigenvalue weighted by molar-refractivity contribution is 7.14. The van der Waals surface area contributed by atoms with Crippen LogP contribution < -0.4 is 0 Å². The third kappa shape index (κ3) is 2.26. The Kier molecular flexibility index (Phi) is 3.30. The molecule has 0 spiro atoms. The molecule has 2 aliphatic rings. The summed E-state index contributed by atoms with van der Waals surface area (Å²) in [6, 6.07) is 8.30. The van der Waals surface area contributed by atoms with E-state index in [-0.39, 0.29) is 0 Å². The van der Waals surface area contributed by atoms with Gasteiger partial charge in [-0.2, -0.15) is 0 Å². The largest absolute Gasteiger partial charge is 0.477 e. The lowest BCUT2D eigenvalue weighted by Gasteiger charge is -2.28. The molecule has 0 radical (unpaired) electrons. The Morgan fingerprint density at radius 2 is 1.79 bits per heavy atom. The molecule has 1 aromatic heterocycles. The Balaban J connectivity index is 1.70. The van der Waals surface area contributed by atoms with Crippen molar-refractivity contribution in [3.63, 3.8) is 0 Å². The minimum Gasteiger partial charge on any atom is -0.477 e. The number of benzene rings is 1. The number of aryl methyl sites for hydroxylation is 1. The van der Waals surface area contributed by atoms with Crippen LogP contribution in [0.3, 0.4) is 0 Å². The summed E-state index contributed by atoms with van der Waals surface area (Å²) in [6.07, 6.45) is 8.02. The SMILES string of the molecule is Cc1cc2c(cc1/C=C\c1ccc(C(=O)O)s1)C1(C)CCC2(C)C1. The standard InChI is InChI=1S/C21H22O2S/c1-13-10-16-17(21(3)9-8-20(16,2)12-21)11-14(13)4-5-15-6-7-18(24-15)19(22)23/h4-7,10-11H,8-9,12H2,1-3H3,(H,22,23)/b5-4-. The zero-order valence-electron chi connectivity index (χ0n) is 14.3. The molecule has 3 heteroatoms. The fourth-order valence-corrected chi connectivity index (χ4v) is 5.43. The number of hydrogen-bond acceptors (Lipinski definition) is 2. The predicted octanol–water partition coefficient (Wildman–Crippen LogP) is 5.64. The Morgan fingerprint density at radius 3 is 2.42 bits per heavy atom. The van der Waals surface area contributed by atoms with Gasteiger partial charge < -0.3 is 5.11 Å². The van der Waals surface area contributed by atoms with Crippen LogP contribution in [-0.2, 0) is 10.8 Å².